The Kier molecular flexibility index (Phi) is 3.92. The van der Waals surface area contributed by atoms with Crippen LogP contribution in [0.5, 0.6) is 0 Å². The molecule has 112 valence electrons. The van der Waals surface area contributed by atoms with E-state index >= 15 is 0 Å². The van der Waals surface area contributed by atoms with E-state index in [9.17, 15) is 9.59 Å². The molecule has 0 aliphatic heterocycles. The Labute approximate surface area is 129 Å². The molecule has 2 aromatic heterocycles. The lowest BCUT2D eigenvalue weighted by atomic mass is 10.2. The number of H-pyrrole nitrogens is 2. The van der Waals surface area contributed by atoms with Gasteiger partial charge in [-0.1, -0.05) is 0 Å². The monoisotopic (exact) mass is 315 g/mol. The zero-order valence-corrected chi connectivity index (χ0v) is 12.5. The number of rotatable bonds is 4. The normalized spacial score (nSPS) is 10.8. The van der Waals surface area contributed by atoms with Gasteiger partial charge in [-0.15, -0.1) is 0 Å². The van der Waals surface area contributed by atoms with Crippen molar-refractivity contribution in [1.29, 1.82) is 0 Å². The van der Waals surface area contributed by atoms with E-state index in [4.69, 9.17) is 0 Å². The third kappa shape index (κ3) is 3.01. The first-order valence-corrected chi connectivity index (χ1v) is 7.89. The van der Waals surface area contributed by atoms with Gasteiger partial charge in [-0.05, 0) is 24.5 Å². The number of fused-ring (bicyclic) bond motifs is 1. The predicted octanol–water partition coefficient (Wildman–Crippen LogP) is 1.76. The summed E-state index contributed by atoms with van der Waals surface area (Å²) in [5.74, 6) is 0.595. The molecule has 0 bridgehead atoms. The average Bonchev–Trinajstić information content (AvgIpc) is 2.94. The van der Waals surface area contributed by atoms with Crippen LogP contribution in [0.2, 0.25) is 0 Å². The predicted molar refractivity (Wildman–Crippen MR) is 86.1 cm³/mol. The van der Waals surface area contributed by atoms with Gasteiger partial charge in [0.2, 0.25) is 0 Å². The minimum absolute atomic E-state index is 0.0949. The van der Waals surface area contributed by atoms with Gasteiger partial charge in [0.1, 0.15) is 11.5 Å². The molecule has 3 aromatic rings. The number of benzene rings is 1. The second-order valence-electron chi connectivity index (χ2n) is 4.64. The molecule has 0 saturated heterocycles. The third-order valence-corrected chi connectivity index (χ3v) is 3.57. The van der Waals surface area contributed by atoms with Gasteiger partial charge in [0, 0.05) is 17.1 Å². The smallest absolute Gasteiger partial charge is 0.274 e. The van der Waals surface area contributed by atoms with Crippen LogP contribution in [0.4, 0.5) is 5.69 Å². The molecule has 8 heteroatoms. The van der Waals surface area contributed by atoms with Crippen LogP contribution >= 0.6 is 11.8 Å². The number of aromatic amines is 2. The molecule has 0 saturated carbocycles. The van der Waals surface area contributed by atoms with Crippen molar-refractivity contribution in [2.45, 2.75) is 5.75 Å². The van der Waals surface area contributed by atoms with Crippen LogP contribution in [0.3, 0.4) is 0 Å². The van der Waals surface area contributed by atoms with Crippen molar-refractivity contribution in [2.75, 3.05) is 11.6 Å². The standard InChI is InChI=1S/C14H13N5O2S/c1-22-7-12-17-11(5-13(20)18-12)14(21)16-9-3-2-8-6-15-19-10(8)4-9/h2-6H,7H2,1H3,(H,15,19)(H,16,21)(H,17,18,20). The number of aromatic nitrogens is 4. The first-order chi connectivity index (χ1) is 10.7. The molecule has 1 aromatic carbocycles. The summed E-state index contributed by atoms with van der Waals surface area (Å²) in [7, 11) is 0. The van der Waals surface area contributed by atoms with Crippen LogP contribution < -0.4 is 10.9 Å². The summed E-state index contributed by atoms with van der Waals surface area (Å²) < 4.78 is 0. The SMILES string of the molecule is CSCc1nc(C(=O)Nc2ccc3cn[nH]c3c2)cc(=O)[nH]1. The summed E-state index contributed by atoms with van der Waals surface area (Å²) in [6.45, 7) is 0. The lowest BCUT2D eigenvalue weighted by molar-refractivity contribution is 0.102. The first-order valence-electron chi connectivity index (χ1n) is 6.49. The van der Waals surface area contributed by atoms with Gasteiger partial charge in [0.15, 0.2) is 0 Å². The Balaban J connectivity index is 1.85. The highest BCUT2D eigenvalue weighted by Crippen LogP contribution is 2.17. The minimum Gasteiger partial charge on any atom is -0.321 e. The van der Waals surface area contributed by atoms with Gasteiger partial charge < -0.3 is 10.3 Å². The second-order valence-corrected chi connectivity index (χ2v) is 5.50. The fourth-order valence-electron chi connectivity index (χ4n) is 2.04. The van der Waals surface area contributed by atoms with Gasteiger partial charge in [-0.25, -0.2) is 4.98 Å². The van der Waals surface area contributed by atoms with Crippen LogP contribution in [0.1, 0.15) is 16.3 Å². The molecular weight excluding hydrogens is 302 g/mol. The molecule has 22 heavy (non-hydrogen) atoms. The molecule has 0 atom stereocenters. The molecule has 7 nitrogen and oxygen atoms in total. The van der Waals surface area contributed by atoms with Crippen molar-refractivity contribution < 1.29 is 4.79 Å². The molecule has 3 rings (SSSR count). The van der Waals surface area contributed by atoms with Gasteiger partial charge in [-0.3, -0.25) is 14.7 Å². The average molecular weight is 315 g/mol. The number of nitrogens with one attached hydrogen (secondary N) is 3. The Bertz CT molecular complexity index is 886. The van der Waals surface area contributed by atoms with Crippen LogP contribution in [-0.4, -0.2) is 32.3 Å². The van der Waals surface area contributed by atoms with Crippen molar-refractivity contribution in [1.82, 2.24) is 20.2 Å². The molecule has 0 aliphatic rings. The van der Waals surface area contributed by atoms with E-state index in [0.29, 0.717) is 17.3 Å². The number of nitrogens with zero attached hydrogens (tertiary/aromatic N) is 2. The van der Waals surface area contributed by atoms with E-state index in [0.717, 1.165) is 10.9 Å². The Morgan fingerprint density at radius 2 is 2.23 bits per heavy atom. The fourth-order valence-corrected chi connectivity index (χ4v) is 2.45. The van der Waals surface area contributed by atoms with Crippen molar-refractivity contribution >= 4 is 34.3 Å². The Morgan fingerprint density at radius 1 is 1.36 bits per heavy atom. The summed E-state index contributed by atoms with van der Waals surface area (Å²) in [6.07, 6.45) is 3.60. The number of anilines is 1. The van der Waals surface area contributed by atoms with Gasteiger partial charge in [0.05, 0.1) is 17.5 Å². The number of thioether (sulfide) groups is 1. The zero-order valence-electron chi connectivity index (χ0n) is 11.7. The van der Waals surface area contributed by atoms with E-state index in [1.807, 2.05) is 12.3 Å². The van der Waals surface area contributed by atoms with Crippen LogP contribution in [-0.2, 0) is 5.75 Å². The largest absolute Gasteiger partial charge is 0.321 e. The summed E-state index contributed by atoms with van der Waals surface area (Å²) in [4.78, 5) is 30.6. The second kappa shape index (κ2) is 6.02. The number of hydrogen-bond donors (Lipinski definition) is 3. The molecule has 2 heterocycles. The lowest BCUT2D eigenvalue weighted by Crippen LogP contribution is -2.20. The molecule has 0 unspecified atom stereocenters. The fraction of sp³-hybridized carbons (Fsp3) is 0.143. The number of carbonyl (C=O) groups excluding carboxylic acids is 1. The van der Waals surface area contributed by atoms with Crippen LogP contribution in [0.15, 0.2) is 35.3 Å². The summed E-state index contributed by atoms with van der Waals surface area (Å²) >= 11 is 1.51. The first kappa shape index (κ1) is 14.3. The van der Waals surface area contributed by atoms with Crippen molar-refractivity contribution in [3.8, 4) is 0 Å². The molecule has 0 radical (unpaired) electrons. The molecule has 1 amide bonds. The van der Waals surface area contributed by atoms with Crippen LogP contribution in [0, 0.1) is 0 Å². The van der Waals surface area contributed by atoms with Crippen molar-refractivity contribution in [3.05, 3.63) is 52.3 Å². The highest BCUT2D eigenvalue weighted by Gasteiger charge is 2.11. The topological polar surface area (TPSA) is 104 Å². The highest BCUT2D eigenvalue weighted by molar-refractivity contribution is 7.97. The quantitative estimate of drug-likeness (QED) is 0.680. The van der Waals surface area contributed by atoms with Crippen molar-refractivity contribution in [2.24, 2.45) is 0 Å². The van der Waals surface area contributed by atoms with E-state index in [-0.39, 0.29) is 11.3 Å². The highest BCUT2D eigenvalue weighted by atomic mass is 32.2. The summed E-state index contributed by atoms with van der Waals surface area (Å²) in [5, 5.41) is 10.4. The van der Waals surface area contributed by atoms with Crippen LogP contribution in [0.25, 0.3) is 10.9 Å². The maximum atomic E-state index is 12.2. The maximum Gasteiger partial charge on any atom is 0.274 e. The molecule has 0 aliphatic carbocycles. The molecule has 3 N–H and O–H groups in total. The molecular formula is C14H13N5O2S. The molecule has 0 fully saturated rings. The summed E-state index contributed by atoms with van der Waals surface area (Å²) in [6, 6.07) is 6.58. The number of amides is 1. The van der Waals surface area contributed by atoms with E-state index in [1.54, 1.807) is 18.3 Å². The van der Waals surface area contributed by atoms with E-state index in [1.165, 1.54) is 17.8 Å². The Hall–Kier alpha value is -2.61. The zero-order chi connectivity index (χ0) is 15.5. The van der Waals surface area contributed by atoms with E-state index in [2.05, 4.69) is 25.5 Å². The lowest BCUT2D eigenvalue weighted by Gasteiger charge is -2.06. The molecule has 0 spiro atoms. The maximum absolute atomic E-state index is 12.2. The minimum atomic E-state index is -0.424. The summed E-state index contributed by atoms with van der Waals surface area (Å²) in [5.41, 5.74) is 1.18. The van der Waals surface area contributed by atoms with Gasteiger partial charge in [0.25, 0.3) is 11.5 Å². The third-order valence-electron chi connectivity index (χ3n) is 3.00. The number of carbonyl (C=O) groups is 1. The van der Waals surface area contributed by atoms with E-state index < -0.39 is 5.91 Å². The van der Waals surface area contributed by atoms with Gasteiger partial charge in [-0.2, -0.15) is 16.9 Å². The van der Waals surface area contributed by atoms with Crippen molar-refractivity contribution in [3.63, 3.8) is 0 Å². The van der Waals surface area contributed by atoms with Gasteiger partial charge >= 0.3 is 0 Å². The number of hydrogen-bond acceptors (Lipinski definition) is 5. The Morgan fingerprint density at radius 3 is 3.05 bits per heavy atom.